The van der Waals surface area contributed by atoms with Gasteiger partial charge in [-0.2, -0.15) is 5.10 Å². The van der Waals surface area contributed by atoms with E-state index in [0.717, 1.165) is 28.4 Å². The second-order valence-corrected chi connectivity index (χ2v) is 7.98. The molecule has 1 saturated heterocycles. The van der Waals surface area contributed by atoms with Crippen LogP contribution < -0.4 is 16.3 Å². The predicted octanol–water partition coefficient (Wildman–Crippen LogP) is 1.68. The van der Waals surface area contributed by atoms with E-state index >= 15 is 0 Å². The zero-order valence-corrected chi connectivity index (χ0v) is 18.3. The molecule has 2 N–H and O–H groups in total. The second kappa shape index (κ2) is 10.6. The van der Waals surface area contributed by atoms with Crippen LogP contribution in [0.5, 0.6) is 0 Å². The van der Waals surface area contributed by atoms with E-state index in [9.17, 15) is 9.18 Å². The third-order valence-corrected chi connectivity index (χ3v) is 5.89. The van der Waals surface area contributed by atoms with Crippen molar-refractivity contribution in [2.24, 2.45) is 5.73 Å². The first-order chi connectivity index (χ1) is 14.7. The van der Waals surface area contributed by atoms with Crippen molar-refractivity contribution >= 4 is 29.7 Å². The van der Waals surface area contributed by atoms with Crippen LogP contribution in [0.25, 0.3) is 10.4 Å². The summed E-state index contributed by atoms with van der Waals surface area (Å²) in [6.07, 6.45) is 5.50. The van der Waals surface area contributed by atoms with Gasteiger partial charge in [-0.3, -0.25) is 4.57 Å². The molecule has 4 rings (SSSR count). The molecule has 0 radical (unpaired) electrons. The van der Waals surface area contributed by atoms with Gasteiger partial charge in [0.15, 0.2) is 0 Å². The van der Waals surface area contributed by atoms with Gasteiger partial charge >= 0.3 is 5.69 Å². The Kier molecular flexibility index (Phi) is 7.91. The molecule has 0 amide bonds. The van der Waals surface area contributed by atoms with Gasteiger partial charge in [0.25, 0.3) is 0 Å². The van der Waals surface area contributed by atoms with Gasteiger partial charge in [-0.15, -0.1) is 23.7 Å². The van der Waals surface area contributed by atoms with Crippen LogP contribution in [0, 0.1) is 0 Å². The number of halogens is 2. The van der Waals surface area contributed by atoms with E-state index < -0.39 is 0 Å². The minimum atomic E-state index is -0.309. The second-order valence-electron chi connectivity index (χ2n) is 6.81. The van der Waals surface area contributed by atoms with E-state index in [2.05, 4.69) is 20.0 Å². The van der Waals surface area contributed by atoms with Crippen LogP contribution in [-0.4, -0.2) is 57.2 Å². The Morgan fingerprint density at radius 3 is 2.68 bits per heavy atom. The van der Waals surface area contributed by atoms with Crippen molar-refractivity contribution in [1.29, 1.82) is 0 Å². The van der Waals surface area contributed by atoms with Crippen molar-refractivity contribution in [3.05, 3.63) is 58.1 Å². The molecule has 0 atom stereocenters. The zero-order chi connectivity index (χ0) is 20.9. The summed E-state index contributed by atoms with van der Waals surface area (Å²) in [6, 6.07) is 3.95. The third-order valence-electron chi connectivity index (χ3n) is 4.77. The van der Waals surface area contributed by atoms with Crippen molar-refractivity contribution in [3.63, 3.8) is 0 Å². The lowest BCUT2D eigenvalue weighted by Crippen LogP contribution is -2.37. The summed E-state index contributed by atoms with van der Waals surface area (Å²) in [5, 5.41) is 4.04. The first-order valence-corrected chi connectivity index (χ1v) is 10.3. The number of nitrogens with zero attached hydrogens (tertiary/aromatic N) is 6. The highest BCUT2D eigenvalue weighted by Crippen LogP contribution is 2.28. The molecule has 0 aliphatic carbocycles. The molecule has 0 saturated carbocycles. The Hall–Kier alpha value is -2.60. The molecule has 0 aromatic carbocycles. The van der Waals surface area contributed by atoms with Crippen LogP contribution in [0.2, 0.25) is 0 Å². The van der Waals surface area contributed by atoms with Crippen molar-refractivity contribution in [2.75, 3.05) is 37.7 Å². The zero-order valence-electron chi connectivity index (χ0n) is 16.7. The number of nitrogens with two attached hydrogens (primary N) is 1. The summed E-state index contributed by atoms with van der Waals surface area (Å²) in [7, 11) is 0. The highest BCUT2D eigenvalue weighted by molar-refractivity contribution is 7.15. The number of morpholine rings is 1. The lowest BCUT2D eigenvalue weighted by molar-refractivity contribution is 0.122. The van der Waals surface area contributed by atoms with Gasteiger partial charge in [-0.1, -0.05) is 0 Å². The first-order valence-electron chi connectivity index (χ1n) is 9.52. The maximum Gasteiger partial charge on any atom is 0.346 e. The Labute approximate surface area is 188 Å². The van der Waals surface area contributed by atoms with Crippen LogP contribution >= 0.6 is 23.7 Å². The quantitative estimate of drug-likeness (QED) is 0.563. The molecule has 0 bridgehead atoms. The largest absolute Gasteiger partial charge is 0.378 e. The van der Waals surface area contributed by atoms with Gasteiger partial charge in [0.05, 0.1) is 32.6 Å². The molecule has 166 valence electrons. The molecule has 31 heavy (non-hydrogen) atoms. The monoisotopic (exact) mass is 467 g/mol. The molecule has 12 heteroatoms. The predicted molar refractivity (Wildman–Crippen MR) is 119 cm³/mol. The molecular formula is C19H23ClFN7O2S. The van der Waals surface area contributed by atoms with E-state index in [1.54, 1.807) is 11.3 Å². The third kappa shape index (κ3) is 5.37. The minimum Gasteiger partial charge on any atom is -0.378 e. The lowest BCUT2D eigenvalue weighted by Gasteiger charge is -2.26. The van der Waals surface area contributed by atoms with Gasteiger partial charge in [-0.25, -0.2) is 23.8 Å². The number of hydrogen-bond donors (Lipinski definition) is 1. The standard InChI is InChI=1S/C19H22FN7O2S.ClH/c20-7-14(8-21)11-27-19(28)26(13-24-27)12-16-1-2-17(30-16)15-9-22-18(23-10-15)25-3-5-29-6-4-25;/h1-2,7,9-10,13H,3-6,8,11-12,21H2;1H/b14-7+;. The summed E-state index contributed by atoms with van der Waals surface area (Å²) in [5.41, 5.74) is 6.37. The van der Waals surface area contributed by atoms with Gasteiger partial charge < -0.3 is 15.4 Å². The fourth-order valence-electron chi connectivity index (χ4n) is 3.09. The minimum absolute atomic E-state index is 0. The van der Waals surface area contributed by atoms with Crippen LogP contribution in [-0.2, 0) is 17.8 Å². The number of thiophene rings is 1. The van der Waals surface area contributed by atoms with Gasteiger partial charge in [0.1, 0.15) is 6.33 Å². The Balaban J connectivity index is 0.00000272. The van der Waals surface area contributed by atoms with E-state index in [-0.39, 0.29) is 31.2 Å². The Morgan fingerprint density at radius 1 is 1.26 bits per heavy atom. The van der Waals surface area contributed by atoms with E-state index in [4.69, 9.17) is 10.5 Å². The van der Waals surface area contributed by atoms with Gasteiger partial charge in [-0.05, 0) is 17.7 Å². The number of rotatable bonds is 7. The molecule has 1 fully saturated rings. The van der Waals surface area contributed by atoms with Crippen LogP contribution in [0.1, 0.15) is 4.88 Å². The maximum atomic E-state index is 12.7. The van der Waals surface area contributed by atoms with E-state index in [0.29, 0.717) is 37.6 Å². The normalized spacial score (nSPS) is 14.5. The summed E-state index contributed by atoms with van der Waals surface area (Å²) < 4.78 is 20.8. The summed E-state index contributed by atoms with van der Waals surface area (Å²) in [5.74, 6) is 0.706. The van der Waals surface area contributed by atoms with Crippen molar-refractivity contribution < 1.29 is 9.13 Å². The molecule has 9 nitrogen and oxygen atoms in total. The molecule has 4 heterocycles. The molecule has 1 aliphatic rings. The summed E-state index contributed by atoms with van der Waals surface area (Å²) >= 11 is 1.56. The molecule has 0 unspecified atom stereocenters. The fourth-order valence-corrected chi connectivity index (χ4v) is 4.07. The Morgan fingerprint density at radius 2 is 2.00 bits per heavy atom. The molecule has 3 aromatic heterocycles. The van der Waals surface area contributed by atoms with Crippen LogP contribution in [0.4, 0.5) is 10.3 Å². The smallest absolute Gasteiger partial charge is 0.346 e. The average molecular weight is 468 g/mol. The van der Waals surface area contributed by atoms with Crippen molar-refractivity contribution in [3.8, 4) is 10.4 Å². The van der Waals surface area contributed by atoms with E-state index in [1.165, 1.54) is 15.6 Å². The first kappa shape index (κ1) is 23.1. The summed E-state index contributed by atoms with van der Waals surface area (Å²) in [4.78, 5) is 25.5. The molecule has 0 spiro atoms. The maximum absolute atomic E-state index is 12.7. The van der Waals surface area contributed by atoms with Gasteiger partial charge in [0, 0.05) is 47.3 Å². The van der Waals surface area contributed by atoms with Crippen molar-refractivity contribution in [2.45, 2.75) is 13.1 Å². The van der Waals surface area contributed by atoms with Crippen LogP contribution in [0.15, 0.2) is 47.6 Å². The van der Waals surface area contributed by atoms with Crippen LogP contribution in [0.3, 0.4) is 0 Å². The SMILES string of the molecule is Cl.NC/C(=C\F)Cn1ncn(Cc2ccc(-c3cnc(N4CCOCC4)nc3)s2)c1=O. The highest BCUT2D eigenvalue weighted by Gasteiger charge is 2.14. The fraction of sp³-hybridized carbons (Fsp3) is 0.368. The van der Waals surface area contributed by atoms with Crippen molar-refractivity contribution in [1.82, 2.24) is 24.3 Å². The highest BCUT2D eigenvalue weighted by atomic mass is 35.5. The number of aromatic nitrogens is 5. The number of ether oxygens (including phenoxy) is 1. The Bertz CT molecular complexity index is 1070. The number of hydrogen-bond acceptors (Lipinski definition) is 8. The molecule has 1 aliphatic heterocycles. The molecular weight excluding hydrogens is 445 g/mol. The topological polar surface area (TPSA) is 104 Å². The van der Waals surface area contributed by atoms with E-state index in [1.807, 2.05) is 24.5 Å². The van der Waals surface area contributed by atoms with Gasteiger partial charge in [0.2, 0.25) is 5.95 Å². The lowest BCUT2D eigenvalue weighted by atomic mass is 10.3. The summed E-state index contributed by atoms with van der Waals surface area (Å²) in [6.45, 7) is 3.42. The number of anilines is 1. The molecule has 3 aromatic rings. The average Bonchev–Trinajstić information content (AvgIpc) is 3.40.